The van der Waals surface area contributed by atoms with E-state index < -0.39 is 0 Å². The molecule has 0 radical (unpaired) electrons. The summed E-state index contributed by atoms with van der Waals surface area (Å²) in [7, 11) is 0. The lowest BCUT2D eigenvalue weighted by molar-refractivity contribution is 1.15. The molecule has 262 valence electrons. The van der Waals surface area contributed by atoms with Crippen molar-refractivity contribution in [3.63, 3.8) is 0 Å². The molecule has 0 saturated carbocycles. The van der Waals surface area contributed by atoms with E-state index in [0.29, 0.717) is 16.9 Å². The maximum atomic E-state index is 10.3. The van der Waals surface area contributed by atoms with Crippen LogP contribution in [0.1, 0.15) is 5.56 Å². The molecule has 0 N–H and O–H groups in total. The summed E-state index contributed by atoms with van der Waals surface area (Å²) in [6.45, 7) is 15.9. The Hall–Kier alpha value is -8.37. The zero-order valence-electron chi connectivity index (χ0n) is 30.3. The third-order valence-corrected chi connectivity index (χ3v) is 11.3. The molecule has 57 heavy (non-hydrogen) atoms. The van der Waals surface area contributed by atoms with E-state index in [1.165, 1.54) is 10.8 Å². The highest BCUT2D eigenvalue weighted by molar-refractivity contribution is 6.14. The van der Waals surface area contributed by atoms with Crippen molar-refractivity contribution in [3.8, 4) is 34.3 Å². The van der Waals surface area contributed by atoms with Gasteiger partial charge in [-0.3, -0.25) is 0 Å². The molecule has 8 aromatic carbocycles. The Bertz CT molecular complexity index is 3520. The molecule has 0 atom stereocenters. The van der Waals surface area contributed by atoms with Gasteiger partial charge in [0.1, 0.15) is 0 Å². The lowest BCUT2D eigenvalue weighted by Crippen LogP contribution is -2.02. The van der Waals surface area contributed by atoms with E-state index in [0.717, 1.165) is 82.8 Å². The molecule has 3 heterocycles. The lowest BCUT2D eigenvalue weighted by Gasteiger charge is -2.19. The predicted octanol–water partition coefficient (Wildman–Crippen LogP) is 13.6. The van der Waals surface area contributed by atoms with Gasteiger partial charge in [-0.15, -0.1) is 0 Å². The van der Waals surface area contributed by atoms with Crippen molar-refractivity contribution in [2.45, 2.75) is 0 Å². The van der Waals surface area contributed by atoms with Gasteiger partial charge in [0, 0.05) is 49.4 Å². The molecule has 11 aromatic rings. The second-order valence-electron chi connectivity index (χ2n) is 14.2. The van der Waals surface area contributed by atoms with E-state index in [4.69, 9.17) is 13.1 Å². The van der Waals surface area contributed by atoms with Crippen LogP contribution in [0.2, 0.25) is 0 Å². The van der Waals surface area contributed by atoms with Crippen LogP contribution in [0.15, 0.2) is 170 Å². The summed E-state index contributed by atoms with van der Waals surface area (Å²) in [5, 5.41) is 16.9. The van der Waals surface area contributed by atoms with Gasteiger partial charge in [-0.2, -0.15) is 5.26 Å². The van der Waals surface area contributed by atoms with Gasteiger partial charge in [-0.05, 0) is 78.2 Å². The first-order valence-electron chi connectivity index (χ1n) is 18.6. The normalized spacial score (nSPS) is 11.5. The van der Waals surface area contributed by atoms with Crippen LogP contribution in [0.3, 0.4) is 0 Å². The van der Waals surface area contributed by atoms with Gasteiger partial charge in [0.2, 0.25) is 0 Å². The quantitative estimate of drug-likeness (QED) is 0.167. The van der Waals surface area contributed by atoms with Crippen LogP contribution in [0, 0.1) is 24.5 Å². The summed E-state index contributed by atoms with van der Waals surface area (Å²) in [5.74, 6) is 0. The molecule has 0 aliphatic heterocycles. The number of fused-ring (bicyclic) bond motifs is 9. The van der Waals surface area contributed by atoms with Crippen LogP contribution in [-0.4, -0.2) is 13.7 Å². The molecule has 0 fully saturated rings. The molecule has 0 aliphatic carbocycles. The van der Waals surface area contributed by atoms with Gasteiger partial charge < -0.3 is 13.7 Å². The number of nitriles is 1. The molecule has 0 saturated heterocycles. The number of hydrogen-bond donors (Lipinski definition) is 0. The molecule has 3 aromatic heterocycles. The molecule has 6 heteroatoms. The topological polar surface area (TPSA) is 47.3 Å². The van der Waals surface area contributed by atoms with Gasteiger partial charge >= 0.3 is 0 Å². The molecule has 0 bridgehead atoms. The smallest absolute Gasteiger partial charge is 0.189 e. The number of benzene rings is 8. The summed E-state index contributed by atoms with van der Waals surface area (Å²) >= 11 is 0. The van der Waals surface area contributed by atoms with E-state index >= 15 is 0 Å². The molecular formula is C51H28N6. The van der Waals surface area contributed by atoms with Crippen molar-refractivity contribution in [2.75, 3.05) is 0 Å². The highest BCUT2D eigenvalue weighted by Gasteiger charge is 2.22. The molecule has 6 nitrogen and oxygen atoms in total. The van der Waals surface area contributed by atoms with Crippen LogP contribution in [0.4, 0.5) is 11.4 Å². The average molecular weight is 725 g/mol. The van der Waals surface area contributed by atoms with Crippen LogP contribution in [-0.2, 0) is 0 Å². The van der Waals surface area contributed by atoms with Crippen LogP contribution >= 0.6 is 0 Å². The maximum absolute atomic E-state index is 10.3. The van der Waals surface area contributed by atoms with E-state index in [2.05, 4.69) is 133 Å². The Kier molecular flexibility index (Phi) is 6.95. The fourth-order valence-electron chi connectivity index (χ4n) is 8.87. The molecular weight excluding hydrogens is 697 g/mol. The number of nitrogens with zero attached hydrogens (tertiary/aromatic N) is 6. The SMILES string of the molecule is [C-]#[N+]c1ccc(-c2ccc(C#N)cc2-n2c3ccc([N+]#[C-])cc3c3cc(-n4c5ccccc5c5ccccc54)ccc32)c(-n2c3ccccc3c3ccccc32)c1. The van der Waals surface area contributed by atoms with Crippen LogP contribution < -0.4 is 0 Å². The highest BCUT2D eigenvalue weighted by Crippen LogP contribution is 2.43. The summed E-state index contributed by atoms with van der Waals surface area (Å²) in [6, 6.07) is 60.2. The third-order valence-electron chi connectivity index (χ3n) is 11.3. The van der Waals surface area contributed by atoms with Gasteiger partial charge in [0.25, 0.3) is 0 Å². The molecule has 0 spiro atoms. The minimum atomic E-state index is 0.527. The van der Waals surface area contributed by atoms with E-state index in [1.807, 2.05) is 66.7 Å². The van der Waals surface area contributed by atoms with Crippen molar-refractivity contribution >= 4 is 76.8 Å². The second-order valence-corrected chi connectivity index (χ2v) is 14.2. The van der Waals surface area contributed by atoms with Gasteiger partial charge in [-0.25, -0.2) is 9.69 Å². The maximum Gasteiger partial charge on any atom is 0.189 e. The zero-order chi connectivity index (χ0) is 38.2. The van der Waals surface area contributed by atoms with Crippen LogP contribution in [0.5, 0.6) is 0 Å². The summed E-state index contributed by atoms with van der Waals surface area (Å²) in [6.07, 6.45) is 0. The van der Waals surface area contributed by atoms with Crippen molar-refractivity contribution < 1.29 is 0 Å². The van der Waals surface area contributed by atoms with Gasteiger partial charge in [0.15, 0.2) is 11.4 Å². The average Bonchev–Trinajstić information content (AvgIpc) is 3.91. The van der Waals surface area contributed by atoms with Crippen molar-refractivity contribution in [2.24, 2.45) is 0 Å². The molecule has 11 rings (SSSR count). The Balaban J connectivity index is 1.22. The van der Waals surface area contributed by atoms with Gasteiger partial charge in [0.05, 0.1) is 63.6 Å². The first-order valence-corrected chi connectivity index (χ1v) is 18.6. The third kappa shape index (κ3) is 4.68. The number of rotatable bonds is 4. The lowest BCUT2D eigenvalue weighted by atomic mass is 9.98. The molecule has 0 aliphatic rings. The standard InChI is InChI=1S/C51H28N6/c1-53-33-21-25-48-42(28-33)43-30-35(55-44-15-7-3-11-36(44)37-12-4-8-16-45(37)55)22-26-49(43)57(48)50-27-32(31-52)19-23-40(50)41-24-20-34(54-2)29-51(41)56-46-17-9-5-13-38(46)39-14-6-10-18-47(39)56/h3-30H. The number of hydrogen-bond acceptors (Lipinski definition) is 1. The van der Waals surface area contributed by atoms with E-state index in [1.54, 1.807) is 0 Å². The van der Waals surface area contributed by atoms with Crippen molar-refractivity contribution in [3.05, 3.63) is 198 Å². The number of aromatic nitrogens is 3. The predicted molar refractivity (Wildman–Crippen MR) is 232 cm³/mol. The number of para-hydroxylation sites is 4. The Morgan fingerprint density at radius 3 is 1.35 bits per heavy atom. The second kappa shape index (κ2) is 12.3. The monoisotopic (exact) mass is 724 g/mol. The first kappa shape index (κ1) is 32.1. The Morgan fingerprint density at radius 1 is 0.386 bits per heavy atom. The van der Waals surface area contributed by atoms with Crippen molar-refractivity contribution in [1.82, 2.24) is 13.7 Å². The van der Waals surface area contributed by atoms with E-state index in [9.17, 15) is 5.26 Å². The minimum absolute atomic E-state index is 0.527. The molecule has 0 unspecified atom stereocenters. The highest BCUT2D eigenvalue weighted by atomic mass is 15.0. The summed E-state index contributed by atoms with van der Waals surface area (Å²) in [5.41, 5.74) is 12.3. The van der Waals surface area contributed by atoms with E-state index in [-0.39, 0.29) is 0 Å². The fourth-order valence-corrected chi connectivity index (χ4v) is 8.87. The van der Waals surface area contributed by atoms with Crippen molar-refractivity contribution in [1.29, 1.82) is 5.26 Å². The van der Waals surface area contributed by atoms with Crippen LogP contribution in [0.25, 0.3) is 103 Å². The Labute approximate surface area is 327 Å². The first-order chi connectivity index (χ1) is 28.1. The molecule has 0 amide bonds. The van der Waals surface area contributed by atoms with Gasteiger partial charge in [-0.1, -0.05) is 97.1 Å². The minimum Gasteiger partial charge on any atom is -0.310 e. The summed E-state index contributed by atoms with van der Waals surface area (Å²) < 4.78 is 6.79. The zero-order valence-corrected chi connectivity index (χ0v) is 30.3. The Morgan fingerprint density at radius 2 is 0.807 bits per heavy atom. The largest absolute Gasteiger partial charge is 0.310 e. The fraction of sp³-hybridized carbons (Fsp3) is 0. The summed E-state index contributed by atoms with van der Waals surface area (Å²) in [4.78, 5) is 7.69.